The van der Waals surface area contributed by atoms with Crippen LogP contribution in [-0.2, 0) is 5.67 Å². The van der Waals surface area contributed by atoms with E-state index in [9.17, 15) is 35.5 Å². The van der Waals surface area contributed by atoms with Gasteiger partial charge in [0, 0.05) is 30.5 Å². The van der Waals surface area contributed by atoms with Gasteiger partial charge in [-0.1, -0.05) is 23.7 Å². The molecule has 33 heavy (non-hydrogen) atoms. The Kier molecular flexibility index (Phi) is 6.81. The van der Waals surface area contributed by atoms with Gasteiger partial charge in [-0.25, -0.2) is 9.18 Å². The van der Waals surface area contributed by atoms with Gasteiger partial charge in [0.05, 0.1) is 22.8 Å². The molecule has 180 valence electrons. The number of halogens is 8. The second-order valence-corrected chi connectivity index (χ2v) is 7.80. The molecule has 1 fully saturated rings. The normalized spacial score (nSPS) is 20.0. The number of amides is 2. The van der Waals surface area contributed by atoms with Crippen molar-refractivity contribution in [1.29, 1.82) is 0 Å². The van der Waals surface area contributed by atoms with Gasteiger partial charge in [0.25, 0.3) is 0 Å². The molecule has 0 radical (unpaired) electrons. The van der Waals surface area contributed by atoms with Crippen molar-refractivity contribution in [1.82, 2.24) is 15.2 Å². The number of benzene rings is 1. The molecule has 2 aromatic rings. The minimum atomic E-state index is -6.21. The fraction of sp³-hybridized carbons (Fsp3) is 0.400. The zero-order valence-electron chi connectivity index (χ0n) is 16.9. The number of anilines is 1. The van der Waals surface area contributed by atoms with Crippen molar-refractivity contribution in [3.05, 3.63) is 58.9 Å². The van der Waals surface area contributed by atoms with Crippen LogP contribution in [0.3, 0.4) is 0 Å². The lowest BCUT2D eigenvalue weighted by Gasteiger charge is -2.40. The van der Waals surface area contributed by atoms with E-state index < -0.39 is 41.7 Å². The van der Waals surface area contributed by atoms with E-state index in [-0.39, 0.29) is 12.2 Å². The second kappa shape index (κ2) is 8.98. The van der Waals surface area contributed by atoms with Crippen molar-refractivity contribution in [2.75, 3.05) is 18.4 Å². The molecule has 5 nitrogen and oxygen atoms in total. The summed E-state index contributed by atoms with van der Waals surface area (Å²) >= 11 is 6.18. The van der Waals surface area contributed by atoms with Gasteiger partial charge >= 0.3 is 24.1 Å². The topological polar surface area (TPSA) is 57.3 Å². The first kappa shape index (κ1) is 25.0. The Bertz CT molecular complexity index is 983. The van der Waals surface area contributed by atoms with Gasteiger partial charge in [0.2, 0.25) is 0 Å². The summed E-state index contributed by atoms with van der Waals surface area (Å²) in [6.07, 6.45) is -10.9. The fourth-order valence-corrected chi connectivity index (χ4v) is 3.84. The first-order chi connectivity index (χ1) is 15.3. The molecule has 1 aromatic heterocycles. The smallest absolute Gasteiger partial charge is 0.319 e. The summed E-state index contributed by atoms with van der Waals surface area (Å²) in [5.41, 5.74) is -6.76. The minimum absolute atomic E-state index is 0.103. The van der Waals surface area contributed by atoms with Crippen molar-refractivity contribution >= 4 is 23.3 Å². The average Bonchev–Trinajstić information content (AvgIpc) is 2.73. The summed E-state index contributed by atoms with van der Waals surface area (Å²) in [5.74, 6) is 0. The molecule has 1 saturated heterocycles. The van der Waals surface area contributed by atoms with Crippen LogP contribution in [0.4, 0.5) is 41.2 Å². The fourth-order valence-electron chi connectivity index (χ4n) is 3.60. The van der Waals surface area contributed by atoms with Crippen LogP contribution in [0.5, 0.6) is 0 Å². The minimum Gasteiger partial charge on any atom is -0.319 e. The molecule has 2 heterocycles. The van der Waals surface area contributed by atoms with Crippen LogP contribution in [0.2, 0.25) is 5.02 Å². The third kappa shape index (κ3) is 4.72. The average molecular weight is 499 g/mol. The molecular weight excluding hydrogens is 481 g/mol. The molecule has 2 unspecified atom stereocenters. The van der Waals surface area contributed by atoms with E-state index in [0.29, 0.717) is 29.4 Å². The summed E-state index contributed by atoms with van der Waals surface area (Å²) < 4.78 is 91.5. The number of urea groups is 1. The number of rotatable bonds is 3. The van der Waals surface area contributed by atoms with Crippen molar-refractivity contribution < 1.29 is 35.5 Å². The summed E-state index contributed by atoms with van der Waals surface area (Å²) in [6, 6.07) is 4.03. The molecule has 3 rings (SSSR count). The molecule has 1 aromatic carbocycles. The summed E-state index contributed by atoms with van der Waals surface area (Å²) in [7, 11) is 0. The zero-order valence-corrected chi connectivity index (χ0v) is 17.7. The Morgan fingerprint density at radius 2 is 1.70 bits per heavy atom. The van der Waals surface area contributed by atoms with Gasteiger partial charge in [0.1, 0.15) is 0 Å². The standard InChI is InChI=1S/C20H18ClF7N4O/c1-11-15(16-14(21)3-2-8-29-16)30-9-10-32(11)17(33)31-13-6-4-12(5-7-13)18(22,19(23,24)25)20(26,27)28/h2-8,11,15,30H,9-10H2,1H3,(H,31,33). The Balaban J connectivity index is 1.77. The molecule has 2 atom stereocenters. The number of aromatic nitrogens is 1. The Hall–Kier alpha value is -2.60. The molecule has 0 spiro atoms. The highest BCUT2D eigenvalue weighted by atomic mass is 35.5. The summed E-state index contributed by atoms with van der Waals surface area (Å²) in [5, 5.41) is 6.00. The van der Waals surface area contributed by atoms with Crippen LogP contribution >= 0.6 is 11.6 Å². The van der Waals surface area contributed by atoms with Crippen molar-refractivity contribution in [2.45, 2.75) is 37.0 Å². The highest BCUT2D eigenvalue weighted by Gasteiger charge is 2.73. The van der Waals surface area contributed by atoms with E-state index >= 15 is 0 Å². The summed E-state index contributed by atoms with van der Waals surface area (Å²) in [6.45, 7) is 2.38. The molecule has 1 aliphatic heterocycles. The maximum atomic E-state index is 14.1. The number of carbonyl (C=O) groups excluding carboxylic acids is 1. The van der Waals surface area contributed by atoms with Gasteiger partial charge in [-0.05, 0) is 31.2 Å². The molecule has 2 N–H and O–H groups in total. The molecule has 0 saturated carbocycles. The van der Waals surface area contributed by atoms with Gasteiger partial charge < -0.3 is 15.5 Å². The first-order valence-electron chi connectivity index (χ1n) is 9.61. The van der Waals surface area contributed by atoms with E-state index in [2.05, 4.69) is 15.6 Å². The van der Waals surface area contributed by atoms with Crippen LogP contribution in [0.15, 0.2) is 42.6 Å². The quantitative estimate of drug-likeness (QED) is 0.542. The number of piperazine rings is 1. The number of nitrogens with zero attached hydrogens (tertiary/aromatic N) is 2. The van der Waals surface area contributed by atoms with Crippen molar-refractivity contribution in [3.63, 3.8) is 0 Å². The molecular formula is C20H18ClF7N4O. The number of hydrogen-bond donors (Lipinski definition) is 2. The molecule has 0 aliphatic carbocycles. The van der Waals surface area contributed by atoms with Crippen LogP contribution in [-0.4, -0.2) is 47.4 Å². The van der Waals surface area contributed by atoms with Crippen molar-refractivity contribution in [2.24, 2.45) is 0 Å². The molecule has 2 amide bonds. The largest absolute Gasteiger partial charge is 0.435 e. The lowest BCUT2D eigenvalue weighted by atomic mass is 9.94. The number of hydrogen-bond acceptors (Lipinski definition) is 3. The van der Waals surface area contributed by atoms with E-state index in [1.54, 1.807) is 25.3 Å². The Morgan fingerprint density at radius 1 is 1.09 bits per heavy atom. The Labute approximate surface area is 188 Å². The van der Waals surface area contributed by atoms with E-state index in [1.165, 1.54) is 4.90 Å². The Morgan fingerprint density at radius 3 is 2.24 bits per heavy atom. The monoisotopic (exact) mass is 498 g/mol. The maximum Gasteiger partial charge on any atom is 0.435 e. The van der Waals surface area contributed by atoms with Crippen molar-refractivity contribution in [3.8, 4) is 0 Å². The van der Waals surface area contributed by atoms with E-state index in [0.717, 1.165) is 12.1 Å². The lowest BCUT2D eigenvalue weighted by Crippen LogP contribution is -2.55. The van der Waals surface area contributed by atoms with Crippen LogP contribution in [0.25, 0.3) is 0 Å². The maximum absolute atomic E-state index is 14.1. The van der Waals surface area contributed by atoms with E-state index in [4.69, 9.17) is 11.6 Å². The number of pyridine rings is 1. The zero-order chi connectivity index (χ0) is 24.6. The van der Waals surface area contributed by atoms with Gasteiger partial charge in [-0.3, -0.25) is 4.98 Å². The first-order valence-corrected chi connectivity index (χ1v) is 9.99. The number of carbonyl (C=O) groups is 1. The molecule has 13 heteroatoms. The highest BCUT2D eigenvalue weighted by molar-refractivity contribution is 6.31. The van der Waals surface area contributed by atoms with Crippen LogP contribution < -0.4 is 10.6 Å². The number of nitrogens with one attached hydrogen (secondary N) is 2. The molecule has 1 aliphatic rings. The second-order valence-electron chi connectivity index (χ2n) is 7.40. The molecule has 0 bridgehead atoms. The predicted molar refractivity (Wildman–Crippen MR) is 107 cm³/mol. The third-order valence-electron chi connectivity index (χ3n) is 5.35. The summed E-state index contributed by atoms with van der Waals surface area (Å²) in [4.78, 5) is 18.4. The lowest BCUT2D eigenvalue weighted by molar-refractivity contribution is -0.348. The van der Waals surface area contributed by atoms with Gasteiger partial charge in [-0.2, -0.15) is 26.3 Å². The number of alkyl halides is 7. The van der Waals surface area contributed by atoms with E-state index in [1.807, 2.05) is 0 Å². The SMILES string of the molecule is CC1C(c2ncccc2Cl)NCCN1C(=O)Nc1ccc(C(F)(C(F)(F)F)C(F)(F)F)cc1. The third-order valence-corrected chi connectivity index (χ3v) is 5.67. The predicted octanol–water partition coefficient (Wildman–Crippen LogP) is 5.59. The van der Waals surface area contributed by atoms with Gasteiger partial charge in [0.15, 0.2) is 0 Å². The van der Waals surface area contributed by atoms with Gasteiger partial charge in [-0.15, -0.1) is 0 Å². The van der Waals surface area contributed by atoms with Crippen LogP contribution in [0, 0.1) is 0 Å². The van der Waals surface area contributed by atoms with Crippen LogP contribution in [0.1, 0.15) is 24.2 Å². The highest BCUT2D eigenvalue weighted by Crippen LogP contribution is 2.53.